The molecule has 136 valence electrons. The summed E-state index contributed by atoms with van der Waals surface area (Å²) in [5, 5.41) is 5.74. The summed E-state index contributed by atoms with van der Waals surface area (Å²) in [6.45, 7) is 5.97. The van der Waals surface area contributed by atoms with E-state index >= 15 is 0 Å². The topological polar surface area (TPSA) is 74.4 Å². The first-order valence-electron chi connectivity index (χ1n) is 8.22. The number of aromatic nitrogens is 1. The van der Waals surface area contributed by atoms with E-state index in [1.165, 1.54) is 0 Å². The van der Waals surface area contributed by atoms with Crippen LogP contribution in [0.2, 0.25) is 0 Å². The molecular weight excluding hydrogens is 392 g/mol. The molecule has 1 unspecified atom stereocenters. The number of pyridine rings is 1. The van der Waals surface area contributed by atoms with E-state index in [9.17, 15) is 4.21 Å². The number of ether oxygens (including phenoxy) is 2. The molecule has 0 radical (unpaired) electrons. The van der Waals surface area contributed by atoms with Crippen LogP contribution in [0.25, 0.3) is 0 Å². The number of hydrogen-bond donors (Lipinski definition) is 1. The Morgan fingerprint density at radius 3 is 2.75 bits per heavy atom. The van der Waals surface area contributed by atoms with Gasteiger partial charge in [-0.1, -0.05) is 0 Å². The van der Waals surface area contributed by atoms with Crippen molar-refractivity contribution in [3.63, 3.8) is 0 Å². The maximum Gasteiger partial charge on any atom is 0.0945 e. The van der Waals surface area contributed by atoms with E-state index < -0.39 is 15.7 Å². The summed E-state index contributed by atoms with van der Waals surface area (Å²) in [4.78, 5) is 4.71. The van der Waals surface area contributed by atoms with Crippen LogP contribution in [0, 0.1) is 5.92 Å². The highest BCUT2D eigenvalue weighted by Crippen LogP contribution is 2.40. The fraction of sp³-hybridized carbons (Fsp3) is 0.706. The zero-order valence-electron chi connectivity index (χ0n) is 14.6. The standard InChI is InChI=1S/C17H27BrN2O3S/c1-17(2,24(19)21)9-15(12-4-6-23-7-5-12)16-13(11-22-3)8-14(18)10-20-16/h8,10,12,15H,4-7,9,11,19H2,1-3H3/t15-,24?/m1/s1. The molecular formula is C17H27BrN2O3S. The molecule has 2 atom stereocenters. The van der Waals surface area contributed by atoms with Gasteiger partial charge >= 0.3 is 0 Å². The van der Waals surface area contributed by atoms with Gasteiger partial charge in [0.2, 0.25) is 0 Å². The first-order valence-corrected chi connectivity index (χ1v) is 10.2. The highest BCUT2D eigenvalue weighted by Gasteiger charge is 2.35. The normalized spacial score (nSPS) is 19.2. The lowest BCUT2D eigenvalue weighted by Crippen LogP contribution is -2.36. The van der Waals surface area contributed by atoms with Gasteiger partial charge in [-0.15, -0.1) is 0 Å². The zero-order valence-corrected chi connectivity index (χ0v) is 17.0. The third kappa shape index (κ3) is 5.08. The molecule has 2 heterocycles. The maximum atomic E-state index is 12.0. The van der Waals surface area contributed by atoms with Crippen LogP contribution in [0.4, 0.5) is 0 Å². The van der Waals surface area contributed by atoms with Crippen molar-refractivity contribution in [3.8, 4) is 0 Å². The Balaban J connectivity index is 2.39. The Kier molecular flexibility index (Phi) is 7.37. The molecule has 1 aromatic heterocycles. The minimum absolute atomic E-state index is 0.189. The number of rotatable bonds is 7. The fourth-order valence-electron chi connectivity index (χ4n) is 3.31. The zero-order chi connectivity index (χ0) is 17.7. The van der Waals surface area contributed by atoms with Gasteiger partial charge in [0.15, 0.2) is 0 Å². The number of methoxy groups -OCH3 is 1. The minimum atomic E-state index is -1.39. The van der Waals surface area contributed by atoms with Gasteiger partial charge < -0.3 is 9.47 Å². The van der Waals surface area contributed by atoms with E-state index in [1.54, 1.807) is 7.11 Å². The van der Waals surface area contributed by atoms with Crippen molar-refractivity contribution in [2.75, 3.05) is 20.3 Å². The summed E-state index contributed by atoms with van der Waals surface area (Å²) in [7, 11) is 0.299. The van der Waals surface area contributed by atoms with Crippen LogP contribution in [-0.4, -0.2) is 34.3 Å². The van der Waals surface area contributed by atoms with Gasteiger partial charge in [-0.3, -0.25) is 10.1 Å². The summed E-state index contributed by atoms with van der Waals surface area (Å²) in [5.74, 6) is 0.639. The molecule has 1 aromatic rings. The molecule has 0 aliphatic carbocycles. The summed E-state index contributed by atoms with van der Waals surface area (Å²) in [5.41, 5.74) is 2.10. The predicted octanol–water partition coefficient (Wildman–Crippen LogP) is 3.29. The van der Waals surface area contributed by atoms with Crippen molar-refractivity contribution in [2.24, 2.45) is 11.1 Å². The Morgan fingerprint density at radius 1 is 1.50 bits per heavy atom. The van der Waals surface area contributed by atoms with Crippen molar-refractivity contribution >= 4 is 26.9 Å². The van der Waals surface area contributed by atoms with E-state index in [2.05, 4.69) is 22.0 Å². The Morgan fingerprint density at radius 2 is 2.17 bits per heavy atom. The first kappa shape index (κ1) is 20.0. The Hall–Kier alpha value is -0.340. The summed E-state index contributed by atoms with van der Waals surface area (Å²) < 4.78 is 23.3. The van der Waals surface area contributed by atoms with Gasteiger partial charge in [0.05, 0.1) is 22.3 Å². The third-order valence-corrected chi connectivity index (χ3v) is 6.40. The lowest BCUT2D eigenvalue weighted by Gasteiger charge is -2.35. The van der Waals surface area contributed by atoms with Crippen LogP contribution in [0.3, 0.4) is 0 Å². The third-order valence-electron chi connectivity index (χ3n) is 4.71. The molecule has 1 aliphatic heterocycles. The van der Waals surface area contributed by atoms with Gasteiger partial charge in [0, 0.05) is 48.2 Å². The highest BCUT2D eigenvalue weighted by molar-refractivity contribution is 9.10. The van der Waals surface area contributed by atoms with Gasteiger partial charge in [0.25, 0.3) is 0 Å². The van der Waals surface area contributed by atoms with Gasteiger partial charge in [-0.2, -0.15) is 0 Å². The van der Waals surface area contributed by atoms with Crippen LogP contribution in [0.5, 0.6) is 0 Å². The van der Waals surface area contributed by atoms with Crippen LogP contribution in [0.1, 0.15) is 50.3 Å². The molecule has 2 N–H and O–H groups in total. The monoisotopic (exact) mass is 418 g/mol. The predicted molar refractivity (Wildman–Crippen MR) is 100.0 cm³/mol. The van der Waals surface area contributed by atoms with Gasteiger partial charge in [0.1, 0.15) is 0 Å². The van der Waals surface area contributed by atoms with E-state index in [0.29, 0.717) is 12.5 Å². The fourth-order valence-corrected chi connectivity index (χ4v) is 4.04. The molecule has 5 nitrogen and oxygen atoms in total. The van der Waals surface area contributed by atoms with Crippen molar-refractivity contribution in [2.45, 2.75) is 50.4 Å². The largest absolute Gasteiger partial charge is 0.381 e. The molecule has 0 amide bonds. The van der Waals surface area contributed by atoms with Crippen molar-refractivity contribution in [1.82, 2.24) is 4.98 Å². The average molecular weight is 419 g/mol. The van der Waals surface area contributed by atoms with Crippen molar-refractivity contribution in [1.29, 1.82) is 0 Å². The number of nitrogens with two attached hydrogens (primary N) is 1. The summed E-state index contributed by atoms with van der Waals surface area (Å²) in [6, 6.07) is 2.06. The minimum Gasteiger partial charge on any atom is -0.381 e. The highest BCUT2D eigenvalue weighted by atomic mass is 79.9. The molecule has 1 aliphatic rings. The summed E-state index contributed by atoms with van der Waals surface area (Å²) >= 11 is 3.49. The van der Waals surface area contributed by atoms with Crippen LogP contribution < -0.4 is 5.14 Å². The quantitative estimate of drug-likeness (QED) is 0.736. The van der Waals surface area contributed by atoms with Crippen LogP contribution in [-0.2, 0) is 27.1 Å². The molecule has 2 rings (SSSR count). The maximum absolute atomic E-state index is 12.0. The van der Waals surface area contributed by atoms with Crippen molar-refractivity contribution in [3.05, 3.63) is 28.0 Å². The number of halogens is 1. The molecule has 0 bridgehead atoms. The molecule has 1 fully saturated rings. The molecule has 0 aromatic carbocycles. The van der Waals surface area contributed by atoms with E-state index in [-0.39, 0.29) is 5.92 Å². The summed E-state index contributed by atoms with van der Waals surface area (Å²) in [6.07, 6.45) is 4.53. The molecule has 0 saturated carbocycles. The second-order valence-electron chi connectivity index (χ2n) is 6.95. The lowest BCUT2D eigenvalue weighted by molar-refractivity contribution is 0.0549. The van der Waals surface area contributed by atoms with Gasteiger partial charge in [-0.25, -0.2) is 4.21 Å². The van der Waals surface area contributed by atoms with Crippen LogP contribution >= 0.6 is 15.9 Å². The van der Waals surface area contributed by atoms with Crippen LogP contribution in [0.15, 0.2) is 16.7 Å². The Labute approximate surface area is 155 Å². The smallest absolute Gasteiger partial charge is 0.0945 e. The molecule has 24 heavy (non-hydrogen) atoms. The lowest BCUT2D eigenvalue weighted by atomic mass is 9.77. The Bertz CT molecular complexity index is 577. The average Bonchev–Trinajstić information content (AvgIpc) is 2.54. The van der Waals surface area contributed by atoms with E-state index in [4.69, 9.17) is 19.6 Å². The molecule has 7 heteroatoms. The SMILES string of the molecule is COCc1cc(Br)cnc1[C@H](CC(C)(C)S(N)=O)C1CCOCC1. The number of hydrogen-bond acceptors (Lipinski definition) is 4. The van der Waals surface area contributed by atoms with Crippen molar-refractivity contribution < 1.29 is 13.7 Å². The van der Waals surface area contributed by atoms with Gasteiger partial charge in [-0.05, 0) is 61.0 Å². The van der Waals surface area contributed by atoms with E-state index in [1.807, 2.05) is 20.0 Å². The second-order valence-corrected chi connectivity index (χ2v) is 9.56. The van der Waals surface area contributed by atoms with E-state index in [0.717, 1.165) is 48.2 Å². The first-order chi connectivity index (χ1) is 11.3. The number of nitrogens with zero attached hydrogens (tertiary/aromatic N) is 1. The molecule has 0 spiro atoms. The second kappa shape index (κ2) is 8.85. The molecule has 1 saturated heterocycles.